The number of hydrogen-bond donors (Lipinski definition) is 1. The van der Waals surface area contributed by atoms with Crippen LogP contribution in [0, 0.1) is 0 Å². The first kappa shape index (κ1) is 17.0. The van der Waals surface area contributed by atoms with E-state index in [2.05, 4.69) is 49.2 Å². The fourth-order valence-electron chi connectivity index (χ4n) is 2.41. The van der Waals surface area contributed by atoms with Crippen LogP contribution in [-0.2, 0) is 6.54 Å². The molecule has 1 atom stereocenters. The second kappa shape index (κ2) is 9.81. The summed E-state index contributed by atoms with van der Waals surface area (Å²) in [7, 11) is 0. The summed E-state index contributed by atoms with van der Waals surface area (Å²) in [5.41, 5.74) is 1.16. The molecule has 0 radical (unpaired) electrons. The fourth-order valence-corrected chi connectivity index (χ4v) is 2.41. The summed E-state index contributed by atoms with van der Waals surface area (Å²) in [6, 6.07) is 0.579. The third kappa shape index (κ3) is 5.95. The van der Waals surface area contributed by atoms with Gasteiger partial charge in [0.25, 0.3) is 0 Å². The van der Waals surface area contributed by atoms with Gasteiger partial charge in [-0.2, -0.15) is 5.10 Å². The molecule has 0 aliphatic rings. The van der Waals surface area contributed by atoms with Gasteiger partial charge in [-0.1, -0.05) is 40.5 Å². The molecule has 20 heavy (non-hydrogen) atoms. The lowest BCUT2D eigenvalue weighted by atomic mass is 10.1. The maximum Gasteiger partial charge on any atom is 0.0728 e. The smallest absolute Gasteiger partial charge is 0.0728 e. The molecule has 1 heterocycles. The van der Waals surface area contributed by atoms with Gasteiger partial charge in [0.15, 0.2) is 0 Å². The third-order valence-corrected chi connectivity index (χ3v) is 3.94. The number of nitrogens with zero attached hydrogens (tertiary/aromatic N) is 3. The van der Waals surface area contributed by atoms with Crippen LogP contribution < -0.4 is 5.32 Å². The van der Waals surface area contributed by atoms with Crippen molar-refractivity contribution in [1.82, 2.24) is 14.7 Å². The molecule has 0 aromatic carbocycles. The fraction of sp³-hybridized carbons (Fsp3) is 0.812. The van der Waals surface area contributed by atoms with Crippen LogP contribution in [0.5, 0.6) is 0 Å². The molecule has 1 aromatic heterocycles. The Balaban J connectivity index is 2.41. The molecule has 1 N–H and O–H groups in total. The van der Waals surface area contributed by atoms with Crippen LogP contribution in [0.1, 0.15) is 53.4 Å². The molecule has 0 bridgehead atoms. The summed E-state index contributed by atoms with van der Waals surface area (Å²) in [5, 5.41) is 8.05. The van der Waals surface area contributed by atoms with E-state index in [0.29, 0.717) is 6.04 Å². The van der Waals surface area contributed by atoms with Crippen molar-refractivity contribution >= 4 is 5.69 Å². The summed E-state index contributed by atoms with van der Waals surface area (Å²) in [5.74, 6) is 0. The van der Waals surface area contributed by atoms with Crippen molar-refractivity contribution in [3.8, 4) is 0 Å². The minimum atomic E-state index is 0.579. The quantitative estimate of drug-likeness (QED) is 0.672. The zero-order chi connectivity index (χ0) is 14.8. The monoisotopic (exact) mass is 280 g/mol. The lowest BCUT2D eigenvalue weighted by molar-refractivity contribution is 0.285. The van der Waals surface area contributed by atoms with Crippen molar-refractivity contribution in [2.75, 3.05) is 25.0 Å². The molecule has 0 aliphatic heterocycles. The van der Waals surface area contributed by atoms with E-state index in [1.54, 1.807) is 0 Å². The molecule has 0 spiro atoms. The van der Waals surface area contributed by atoms with Gasteiger partial charge in [-0.25, -0.2) is 0 Å². The predicted octanol–water partition coefficient (Wildman–Crippen LogP) is 3.61. The number of unbranched alkanes of at least 4 members (excludes halogenated alkanes) is 1. The molecule has 4 heteroatoms. The van der Waals surface area contributed by atoms with Crippen LogP contribution in [0.25, 0.3) is 0 Å². The molecular weight excluding hydrogens is 248 g/mol. The molecule has 116 valence electrons. The van der Waals surface area contributed by atoms with Crippen molar-refractivity contribution in [2.45, 2.75) is 66.0 Å². The number of aromatic nitrogens is 2. The van der Waals surface area contributed by atoms with E-state index in [4.69, 9.17) is 0 Å². The summed E-state index contributed by atoms with van der Waals surface area (Å²) in [6.45, 7) is 13.2. The van der Waals surface area contributed by atoms with E-state index < -0.39 is 0 Å². The molecule has 4 nitrogen and oxygen atoms in total. The first-order valence-electron chi connectivity index (χ1n) is 8.24. The summed E-state index contributed by atoms with van der Waals surface area (Å²) in [4.78, 5) is 2.42. The van der Waals surface area contributed by atoms with Gasteiger partial charge in [-0.3, -0.25) is 4.68 Å². The van der Waals surface area contributed by atoms with Gasteiger partial charge in [0.1, 0.15) is 0 Å². The molecule has 1 aromatic rings. The van der Waals surface area contributed by atoms with Crippen LogP contribution in [0.2, 0.25) is 0 Å². The maximum absolute atomic E-state index is 4.45. The zero-order valence-corrected chi connectivity index (χ0v) is 13.7. The molecule has 0 aliphatic carbocycles. The molecule has 1 rings (SSSR count). The normalized spacial score (nSPS) is 12.8. The molecule has 0 amide bonds. The summed E-state index contributed by atoms with van der Waals surface area (Å²) in [6.07, 6.45) is 9.07. The largest absolute Gasteiger partial charge is 0.380 e. The Morgan fingerprint density at radius 2 is 2.00 bits per heavy atom. The number of anilines is 1. The van der Waals surface area contributed by atoms with Gasteiger partial charge in [0.05, 0.1) is 18.4 Å². The number of likely N-dealkylation sites (N-methyl/N-ethyl adjacent to an activating group) is 1. The summed E-state index contributed by atoms with van der Waals surface area (Å²) < 4.78 is 2.05. The minimum absolute atomic E-state index is 0.579. The standard InChI is InChI=1S/C16H32N4/c1-5-9-10-15(6-2)18-16-13-17-20(14-16)12-11-19(7-3)8-4/h13-15,18H,5-12H2,1-4H3. The predicted molar refractivity (Wildman–Crippen MR) is 87.2 cm³/mol. The minimum Gasteiger partial charge on any atom is -0.380 e. The Bertz CT molecular complexity index is 344. The molecular formula is C16H32N4. The second-order valence-corrected chi connectivity index (χ2v) is 5.41. The van der Waals surface area contributed by atoms with Crippen molar-refractivity contribution < 1.29 is 0 Å². The Kier molecular flexibility index (Phi) is 8.35. The average Bonchev–Trinajstić information content (AvgIpc) is 2.92. The highest BCUT2D eigenvalue weighted by molar-refractivity contribution is 5.39. The van der Waals surface area contributed by atoms with E-state index in [1.165, 1.54) is 25.7 Å². The average molecular weight is 280 g/mol. The van der Waals surface area contributed by atoms with Crippen LogP contribution in [-0.4, -0.2) is 40.4 Å². The number of rotatable bonds is 11. The second-order valence-electron chi connectivity index (χ2n) is 5.41. The molecule has 1 unspecified atom stereocenters. The molecule has 0 saturated heterocycles. The van der Waals surface area contributed by atoms with Crippen LogP contribution in [0.3, 0.4) is 0 Å². The Hall–Kier alpha value is -1.03. The van der Waals surface area contributed by atoms with E-state index in [1.807, 2.05) is 10.9 Å². The summed E-state index contributed by atoms with van der Waals surface area (Å²) >= 11 is 0. The Labute approximate surface area is 124 Å². The molecule has 0 fully saturated rings. The Morgan fingerprint density at radius 3 is 2.60 bits per heavy atom. The van der Waals surface area contributed by atoms with Crippen molar-refractivity contribution in [2.24, 2.45) is 0 Å². The van der Waals surface area contributed by atoms with E-state index in [-0.39, 0.29) is 0 Å². The highest BCUT2D eigenvalue weighted by Gasteiger charge is 2.07. The van der Waals surface area contributed by atoms with Gasteiger partial charge >= 0.3 is 0 Å². The topological polar surface area (TPSA) is 33.1 Å². The van der Waals surface area contributed by atoms with Gasteiger partial charge < -0.3 is 10.2 Å². The van der Waals surface area contributed by atoms with Gasteiger partial charge in [-0.05, 0) is 25.9 Å². The first-order valence-corrected chi connectivity index (χ1v) is 8.24. The van der Waals surface area contributed by atoms with E-state index >= 15 is 0 Å². The van der Waals surface area contributed by atoms with Crippen LogP contribution in [0.4, 0.5) is 5.69 Å². The highest BCUT2D eigenvalue weighted by Crippen LogP contribution is 2.13. The van der Waals surface area contributed by atoms with E-state index in [0.717, 1.165) is 31.9 Å². The van der Waals surface area contributed by atoms with Crippen molar-refractivity contribution in [1.29, 1.82) is 0 Å². The van der Waals surface area contributed by atoms with Gasteiger partial charge in [-0.15, -0.1) is 0 Å². The van der Waals surface area contributed by atoms with Crippen molar-refractivity contribution in [3.05, 3.63) is 12.4 Å². The van der Waals surface area contributed by atoms with Crippen LogP contribution >= 0.6 is 0 Å². The zero-order valence-electron chi connectivity index (χ0n) is 13.7. The Morgan fingerprint density at radius 1 is 1.25 bits per heavy atom. The van der Waals surface area contributed by atoms with Gasteiger partial charge in [0.2, 0.25) is 0 Å². The lowest BCUT2D eigenvalue weighted by Crippen LogP contribution is -2.27. The van der Waals surface area contributed by atoms with E-state index in [9.17, 15) is 0 Å². The number of hydrogen-bond acceptors (Lipinski definition) is 3. The molecule has 0 saturated carbocycles. The highest BCUT2D eigenvalue weighted by atomic mass is 15.3. The van der Waals surface area contributed by atoms with Crippen LogP contribution in [0.15, 0.2) is 12.4 Å². The van der Waals surface area contributed by atoms with Crippen molar-refractivity contribution in [3.63, 3.8) is 0 Å². The first-order chi connectivity index (χ1) is 9.73. The SMILES string of the molecule is CCCCC(CC)Nc1cnn(CCN(CC)CC)c1. The lowest BCUT2D eigenvalue weighted by Gasteiger charge is -2.17. The third-order valence-electron chi connectivity index (χ3n) is 3.94. The number of nitrogens with one attached hydrogen (secondary N) is 1. The maximum atomic E-state index is 4.45. The van der Waals surface area contributed by atoms with Gasteiger partial charge in [0, 0.05) is 18.8 Å².